The van der Waals surface area contributed by atoms with Gasteiger partial charge in [0.25, 0.3) is 0 Å². The molecular weight excluding hydrogens is 422 g/mol. The van der Waals surface area contributed by atoms with Crippen LogP contribution in [0, 0.1) is 0 Å². The van der Waals surface area contributed by atoms with Crippen molar-refractivity contribution in [2.45, 2.75) is 79.6 Å². The molecule has 6 rings (SSSR count). The number of aromatic nitrogens is 4. The van der Waals surface area contributed by atoms with Gasteiger partial charge in [0.15, 0.2) is 4.34 Å². The monoisotopic (exact) mass is 443 g/mol. The number of fused-ring (bicyclic) bond motifs is 3. The Morgan fingerprint density at radius 1 is 1.07 bits per heavy atom. The third-order valence-corrected chi connectivity index (χ3v) is 8.93. The van der Waals surface area contributed by atoms with Gasteiger partial charge in [0, 0.05) is 29.1 Å². The molecule has 3 aromatic heterocycles. The fourth-order valence-corrected chi connectivity index (χ4v) is 7.41. The van der Waals surface area contributed by atoms with Gasteiger partial charge in [0.2, 0.25) is 11.0 Å². The van der Waals surface area contributed by atoms with Crippen LogP contribution in [0.3, 0.4) is 0 Å². The van der Waals surface area contributed by atoms with E-state index in [4.69, 9.17) is 9.97 Å². The van der Waals surface area contributed by atoms with E-state index in [9.17, 15) is 4.79 Å². The van der Waals surface area contributed by atoms with Gasteiger partial charge in [0.05, 0.1) is 0 Å². The molecule has 0 radical (unpaired) electrons. The summed E-state index contributed by atoms with van der Waals surface area (Å²) in [4.78, 5) is 26.4. The summed E-state index contributed by atoms with van der Waals surface area (Å²) < 4.78 is 0.851. The number of amides is 1. The highest BCUT2D eigenvalue weighted by atomic mass is 32.2. The molecule has 0 aromatic carbocycles. The highest BCUT2D eigenvalue weighted by molar-refractivity contribution is 8.01. The number of carbonyl (C=O) groups excluding carboxylic acids is 1. The van der Waals surface area contributed by atoms with E-state index in [1.165, 1.54) is 52.8 Å². The Morgan fingerprint density at radius 3 is 2.66 bits per heavy atom. The van der Waals surface area contributed by atoms with Crippen LogP contribution in [0.5, 0.6) is 0 Å². The first-order chi connectivity index (χ1) is 14.2. The normalized spacial score (nSPS) is 18.8. The van der Waals surface area contributed by atoms with Gasteiger partial charge in [-0.15, -0.1) is 21.5 Å². The van der Waals surface area contributed by atoms with Crippen LogP contribution in [0.1, 0.15) is 67.6 Å². The number of thiophene rings is 1. The number of aryl methyl sites for hydroxylation is 2. The lowest BCUT2D eigenvalue weighted by Gasteiger charge is -2.15. The standard InChI is InChI=1S/C20H21N5OS3/c1-10(26)25(12-8-9-12)19-23-24-20(29-19)28-18-15-13-4-2-3-5-14(13)27-17(15)21-16(22-18)11-6-7-11/h11-12H,2-9H2,1H3. The van der Waals surface area contributed by atoms with Crippen LogP contribution in [0.15, 0.2) is 9.37 Å². The lowest BCUT2D eigenvalue weighted by molar-refractivity contribution is -0.116. The molecule has 0 spiro atoms. The van der Waals surface area contributed by atoms with Crippen LogP contribution >= 0.6 is 34.4 Å². The van der Waals surface area contributed by atoms with Gasteiger partial charge in [-0.1, -0.05) is 11.3 Å². The molecule has 3 heterocycles. The minimum Gasteiger partial charge on any atom is -0.284 e. The van der Waals surface area contributed by atoms with Gasteiger partial charge >= 0.3 is 0 Å². The first-order valence-corrected chi connectivity index (χ1v) is 12.8. The molecule has 1 amide bonds. The Hall–Kier alpha value is -1.58. The van der Waals surface area contributed by atoms with E-state index in [-0.39, 0.29) is 5.91 Å². The SMILES string of the molecule is CC(=O)N(c1nnc(Sc2nc(C3CC3)nc3sc4c(c23)CCCC4)s1)C1CC1. The molecule has 0 atom stereocenters. The summed E-state index contributed by atoms with van der Waals surface area (Å²) in [5.41, 5.74) is 1.45. The van der Waals surface area contributed by atoms with E-state index in [0.717, 1.165) is 45.7 Å². The number of rotatable bonds is 5. The largest absolute Gasteiger partial charge is 0.284 e. The number of hydrogen-bond acceptors (Lipinski definition) is 8. The van der Waals surface area contributed by atoms with Crippen LogP contribution in [-0.2, 0) is 17.6 Å². The van der Waals surface area contributed by atoms with Crippen molar-refractivity contribution in [3.8, 4) is 0 Å². The van der Waals surface area contributed by atoms with Crippen molar-refractivity contribution < 1.29 is 4.79 Å². The second kappa shape index (κ2) is 6.99. The molecule has 0 bridgehead atoms. The molecule has 3 aliphatic rings. The molecule has 9 heteroatoms. The molecule has 150 valence electrons. The summed E-state index contributed by atoms with van der Waals surface area (Å²) in [5.74, 6) is 1.56. The van der Waals surface area contributed by atoms with Crippen LogP contribution in [0.25, 0.3) is 10.2 Å². The van der Waals surface area contributed by atoms with Gasteiger partial charge in [-0.2, -0.15) is 0 Å². The second-order valence-corrected chi connectivity index (χ2v) is 11.4. The second-order valence-electron chi connectivity index (χ2n) is 8.13. The number of anilines is 1. The van der Waals surface area contributed by atoms with Crippen molar-refractivity contribution in [3.05, 3.63) is 16.3 Å². The highest BCUT2D eigenvalue weighted by Crippen LogP contribution is 2.46. The Labute approximate surface area is 181 Å². The van der Waals surface area contributed by atoms with E-state index in [2.05, 4.69) is 10.2 Å². The maximum Gasteiger partial charge on any atom is 0.225 e. The smallest absolute Gasteiger partial charge is 0.225 e. The number of hydrogen-bond donors (Lipinski definition) is 0. The zero-order chi connectivity index (χ0) is 19.5. The van der Waals surface area contributed by atoms with Crippen LogP contribution < -0.4 is 4.90 Å². The minimum absolute atomic E-state index is 0.0487. The van der Waals surface area contributed by atoms with Crippen molar-refractivity contribution >= 4 is 55.7 Å². The molecule has 6 nitrogen and oxygen atoms in total. The van der Waals surface area contributed by atoms with Crippen molar-refractivity contribution in [1.29, 1.82) is 0 Å². The molecule has 2 fully saturated rings. The van der Waals surface area contributed by atoms with Gasteiger partial charge in [-0.05, 0) is 68.7 Å². The molecule has 0 N–H and O–H groups in total. The maximum absolute atomic E-state index is 12.1. The zero-order valence-corrected chi connectivity index (χ0v) is 18.6. The summed E-state index contributed by atoms with van der Waals surface area (Å²) in [6.45, 7) is 1.61. The average molecular weight is 444 g/mol. The van der Waals surface area contributed by atoms with Crippen LogP contribution in [0.2, 0.25) is 0 Å². The molecule has 3 aromatic rings. The van der Waals surface area contributed by atoms with E-state index in [1.807, 2.05) is 11.3 Å². The Balaban J connectivity index is 1.39. The molecule has 0 aliphatic heterocycles. The van der Waals surface area contributed by atoms with E-state index in [0.29, 0.717) is 17.1 Å². The van der Waals surface area contributed by atoms with Crippen molar-refractivity contribution in [3.63, 3.8) is 0 Å². The third-order valence-electron chi connectivity index (χ3n) is 5.78. The third kappa shape index (κ3) is 3.37. The average Bonchev–Trinajstić information content (AvgIpc) is 3.62. The fourth-order valence-electron chi connectivity index (χ4n) is 4.04. The van der Waals surface area contributed by atoms with Crippen molar-refractivity contribution in [2.75, 3.05) is 4.90 Å². The Bertz CT molecular complexity index is 1110. The first kappa shape index (κ1) is 18.2. The van der Waals surface area contributed by atoms with Crippen LogP contribution in [0.4, 0.5) is 5.13 Å². The van der Waals surface area contributed by atoms with Crippen molar-refractivity contribution in [1.82, 2.24) is 20.2 Å². The summed E-state index contributed by atoms with van der Waals surface area (Å²) in [5, 5.41) is 11.7. The molecule has 29 heavy (non-hydrogen) atoms. The predicted molar refractivity (Wildman–Crippen MR) is 116 cm³/mol. The fraction of sp³-hybridized carbons (Fsp3) is 0.550. The molecule has 0 unspecified atom stereocenters. The van der Waals surface area contributed by atoms with E-state index < -0.39 is 0 Å². The van der Waals surface area contributed by atoms with Gasteiger partial charge in [-0.3, -0.25) is 9.69 Å². The molecular formula is C20H21N5OS3. The lowest BCUT2D eigenvalue weighted by Crippen LogP contribution is -2.30. The summed E-state index contributed by atoms with van der Waals surface area (Å²) in [6.07, 6.45) is 9.29. The zero-order valence-electron chi connectivity index (χ0n) is 16.2. The number of nitrogens with zero attached hydrogens (tertiary/aromatic N) is 5. The highest BCUT2D eigenvalue weighted by Gasteiger charge is 2.34. The van der Waals surface area contributed by atoms with Gasteiger partial charge < -0.3 is 0 Å². The quantitative estimate of drug-likeness (QED) is 0.410. The van der Waals surface area contributed by atoms with E-state index in [1.54, 1.807) is 23.6 Å². The molecule has 0 saturated heterocycles. The van der Waals surface area contributed by atoms with Gasteiger partial charge in [0.1, 0.15) is 15.7 Å². The molecule has 2 saturated carbocycles. The summed E-state index contributed by atoms with van der Waals surface area (Å²) in [7, 11) is 0. The number of carbonyl (C=O) groups is 1. The van der Waals surface area contributed by atoms with Crippen molar-refractivity contribution in [2.24, 2.45) is 0 Å². The maximum atomic E-state index is 12.1. The Kier molecular flexibility index (Phi) is 4.39. The summed E-state index contributed by atoms with van der Waals surface area (Å²) in [6, 6.07) is 0.300. The Morgan fingerprint density at radius 2 is 1.90 bits per heavy atom. The minimum atomic E-state index is 0.0487. The lowest BCUT2D eigenvalue weighted by atomic mass is 9.97. The molecule has 3 aliphatic carbocycles. The van der Waals surface area contributed by atoms with Crippen LogP contribution in [-0.4, -0.2) is 32.1 Å². The topological polar surface area (TPSA) is 71.9 Å². The van der Waals surface area contributed by atoms with Gasteiger partial charge in [-0.25, -0.2) is 9.97 Å². The predicted octanol–water partition coefficient (Wildman–Crippen LogP) is 4.97. The summed E-state index contributed by atoms with van der Waals surface area (Å²) >= 11 is 4.96. The van der Waals surface area contributed by atoms with E-state index >= 15 is 0 Å². The first-order valence-electron chi connectivity index (χ1n) is 10.3.